The van der Waals surface area contributed by atoms with Crippen LogP contribution in [0.15, 0.2) is 65.2 Å². The summed E-state index contributed by atoms with van der Waals surface area (Å²) in [5.74, 6) is -2.49. The standard InChI is InChI=1S/C24H21N3O4S/c1-2-30-20-11-7-6-10-17(20)22-18(12-25)23(29)27-24(19(22)13-26)32-15-21(28)31-14-16-8-4-3-5-9-16/h3-11,18,22H,2,14-15H2,1H3,(H,27,29)/t18-,22+/m1/s1. The van der Waals surface area contributed by atoms with Crippen LogP contribution in [-0.4, -0.2) is 24.2 Å². The lowest BCUT2D eigenvalue weighted by Gasteiger charge is -2.29. The number of nitrogens with one attached hydrogen (secondary N) is 1. The number of carbonyl (C=O) groups excluding carboxylic acids is 2. The maximum absolute atomic E-state index is 12.7. The van der Waals surface area contributed by atoms with E-state index in [1.54, 1.807) is 24.3 Å². The fourth-order valence-electron chi connectivity index (χ4n) is 3.35. The zero-order chi connectivity index (χ0) is 22.9. The summed E-state index contributed by atoms with van der Waals surface area (Å²) in [5, 5.41) is 22.4. The van der Waals surface area contributed by atoms with E-state index in [0.717, 1.165) is 17.3 Å². The fraction of sp³-hybridized carbons (Fsp3) is 0.250. The van der Waals surface area contributed by atoms with E-state index in [9.17, 15) is 20.1 Å². The number of hydrogen-bond acceptors (Lipinski definition) is 7. The van der Waals surface area contributed by atoms with Crippen LogP contribution in [0.25, 0.3) is 0 Å². The molecular formula is C24H21N3O4S. The molecule has 1 aliphatic rings. The number of para-hydroxylation sites is 1. The van der Waals surface area contributed by atoms with Gasteiger partial charge in [0.15, 0.2) is 0 Å². The Balaban J connectivity index is 1.83. The quantitative estimate of drug-likeness (QED) is 0.615. The molecular weight excluding hydrogens is 426 g/mol. The number of amides is 1. The SMILES string of the molecule is CCOc1ccccc1[C@@H]1C(C#N)=C(SCC(=O)OCc2ccccc2)NC(=O)[C@@H]1C#N. The molecule has 0 radical (unpaired) electrons. The minimum atomic E-state index is -1.10. The van der Waals surface area contributed by atoms with Crippen LogP contribution < -0.4 is 10.1 Å². The summed E-state index contributed by atoms with van der Waals surface area (Å²) in [6.45, 7) is 2.36. The van der Waals surface area contributed by atoms with E-state index in [-0.39, 0.29) is 23.0 Å². The number of carbonyl (C=O) groups is 2. The molecule has 162 valence electrons. The maximum Gasteiger partial charge on any atom is 0.316 e. The van der Waals surface area contributed by atoms with Gasteiger partial charge in [-0.2, -0.15) is 10.5 Å². The molecule has 1 heterocycles. The molecule has 0 saturated heterocycles. The number of hydrogen-bond donors (Lipinski definition) is 1. The number of rotatable bonds is 8. The van der Waals surface area contributed by atoms with Crippen molar-refractivity contribution in [3.8, 4) is 17.9 Å². The Morgan fingerprint density at radius 3 is 2.53 bits per heavy atom. The van der Waals surface area contributed by atoms with Gasteiger partial charge in [-0.1, -0.05) is 60.3 Å². The Hall–Kier alpha value is -3.75. The zero-order valence-corrected chi connectivity index (χ0v) is 18.2. The molecule has 1 aliphatic heterocycles. The first-order valence-corrected chi connectivity index (χ1v) is 11.0. The highest BCUT2D eigenvalue weighted by Gasteiger charge is 2.40. The van der Waals surface area contributed by atoms with Gasteiger partial charge in [0.2, 0.25) is 5.91 Å². The molecule has 32 heavy (non-hydrogen) atoms. The van der Waals surface area contributed by atoms with E-state index in [4.69, 9.17) is 9.47 Å². The predicted molar refractivity (Wildman–Crippen MR) is 119 cm³/mol. The van der Waals surface area contributed by atoms with Crippen LogP contribution in [-0.2, 0) is 20.9 Å². The molecule has 0 aromatic heterocycles. The van der Waals surface area contributed by atoms with E-state index in [0.29, 0.717) is 17.9 Å². The first-order chi connectivity index (χ1) is 15.6. The highest BCUT2D eigenvalue weighted by atomic mass is 32.2. The van der Waals surface area contributed by atoms with Crippen molar-refractivity contribution in [3.63, 3.8) is 0 Å². The largest absolute Gasteiger partial charge is 0.494 e. The van der Waals surface area contributed by atoms with Gasteiger partial charge < -0.3 is 14.8 Å². The van der Waals surface area contributed by atoms with Gasteiger partial charge in [-0.15, -0.1) is 0 Å². The summed E-state index contributed by atoms with van der Waals surface area (Å²) in [4.78, 5) is 24.9. The Morgan fingerprint density at radius 2 is 1.84 bits per heavy atom. The lowest BCUT2D eigenvalue weighted by Crippen LogP contribution is -2.39. The van der Waals surface area contributed by atoms with Crippen LogP contribution in [0.4, 0.5) is 0 Å². The van der Waals surface area contributed by atoms with Gasteiger partial charge in [0.1, 0.15) is 18.3 Å². The molecule has 0 fully saturated rings. The smallest absolute Gasteiger partial charge is 0.316 e. The van der Waals surface area contributed by atoms with E-state index < -0.39 is 23.7 Å². The van der Waals surface area contributed by atoms with Crippen molar-refractivity contribution in [2.45, 2.75) is 19.4 Å². The fourth-order valence-corrected chi connectivity index (χ4v) is 4.20. The number of benzene rings is 2. The van der Waals surface area contributed by atoms with Gasteiger partial charge in [0.05, 0.1) is 41.0 Å². The molecule has 2 atom stereocenters. The molecule has 2 aromatic rings. The third-order valence-corrected chi connectivity index (χ3v) is 5.79. The second-order valence-corrected chi connectivity index (χ2v) is 7.82. The topological polar surface area (TPSA) is 112 Å². The summed E-state index contributed by atoms with van der Waals surface area (Å²) in [6.07, 6.45) is 0. The number of ether oxygens (including phenoxy) is 2. The van der Waals surface area contributed by atoms with Crippen LogP contribution in [0.3, 0.4) is 0 Å². The molecule has 0 unspecified atom stereocenters. The molecule has 0 spiro atoms. The van der Waals surface area contributed by atoms with Crippen LogP contribution in [0.2, 0.25) is 0 Å². The van der Waals surface area contributed by atoms with Gasteiger partial charge >= 0.3 is 5.97 Å². The minimum absolute atomic E-state index is 0.0926. The van der Waals surface area contributed by atoms with E-state index >= 15 is 0 Å². The second kappa shape index (κ2) is 11.0. The van der Waals surface area contributed by atoms with Crippen molar-refractivity contribution in [1.29, 1.82) is 10.5 Å². The van der Waals surface area contributed by atoms with Gasteiger partial charge in [-0.05, 0) is 18.6 Å². The van der Waals surface area contributed by atoms with Gasteiger partial charge in [-0.25, -0.2) is 0 Å². The highest BCUT2D eigenvalue weighted by molar-refractivity contribution is 8.03. The number of esters is 1. The number of nitrogens with zero attached hydrogens (tertiary/aromatic N) is 2. The minimum Gasteiger partial charge on any atom is -0.494 e. The monoisotopic (exact) mass is 447 g/mol. The predicted octanol–water partition coefficient (Wildman–Crippen LogP) is 3.65. The molecule has 2 aromatic carbocycles. The number of thioether (sulfide) groups is 1. The van der Waals surface area contributed by atoms with Crippen LogP contribution >= 0.6 is 11.8 Å². The molecule has 0 saturated carbocycles. The normalized spacial score (nSPS) is 17.7. The van der Waals surface area contributed by atoms with Gasteiger partial charge in [0.25, 0.3) is 0 Å². The molecule has 0 aliphatic carbocycles. The maximum atomic E-state index is 12.7. The third-order valence-electron chi connectivity index (χ3n) is 4.80. The lowest BCUT2D eigenvalue weighted by atomic mass is 9.79. The average Bonchev–Trinajstić information content (AvgIpc) is 2.82. The van der Waals surface area contributed by atoms with Crippen molar-refractivity contribution in [3.05, 3.63) is 76.3 Å². The summed E-state index contributed by atoms with van der Waals surface area (Å²) >= 11 is 1.01. The van der Waals surface area contributed by atoms with Crippen LogP contribution in [0, 0.1) is 28.6 Å². The Bertz CT molecular complexity index is 1100. The van der Waals surface area contributed by atoms with Crippen LogP contribution in [0.1, 0.15) is 24.0 Å². The number of allylic oxidation sites excluding steroid dienone is 1. The van der Waals surface area contributed by atoms with E-state index in [1.807, 2.05) is 43.3 Å². The second-order valence-electron chi connectivity index (χ2n) is 6.83. The molecule has 1 N–H and O–H groups in total. The summed E-state index contributed by atoms with van der Waals surface area (Å²) < 4.78 is 10.9. The highest BCUT2D eigenvalue weighted by Crippen LogP contribution is 2.42. The first kappa shape index (κ1) is 22.9. The Labute approximate surface area is 190 Å². The number of nitriles is 2. The average molecular weight is 448 g/mol. The van der Waals surface area contributed by atoms with Crippen molar-refractivity contribution < 1.29 is 19.1 Å². The summed E-state index contributed by atoms with van der Waals surface area (Å²) in [7, 11) is 0. The van der Waals surface area contributed by atoms with Crippen molar-refractivity contribution in [1.82, 2.24) is 5.32 Å². The summed E-state index contributed by atoms with van der Waals surface area (Å²) in [6, 6.07) is 20.4. The molecule has 0 bridgehead atoms. The van der Waals surface area contributed by atoms with Crippen LogP contribution in [0.5, 0.6) is 5.75 Å². The lowest BCUT2D eigenvalue weighted by molar-refractivity contribution is -0.141. The summed E-state index contributed by atoms with van der Waals surface area (Å²) in [5.41, 5.74) is 1.65. The Morgan fingerprint density at radius 1 is 1.12 bits per heavy atom. The third kappa shape index (κ3) is 5.29. The first-order valence-electron chi connectivity index (χ1n) is 9.97. The van der Waals surface area contributed by atoms with Gasteiger partial charge in [0, 0.05) is 5.56 Å². The van der Waals surface area contributed by atoms with Gasteiger partial charge in [-0.3, -0.25) is 9.59 Å². The van der Waals surface area contributed by atoms with Crippen molar-refractivity contribution in [2.75, 3.05) is 12.4 Å². The Kier molecular flexibility index (Phi) is 7.91. The molecule has 7 nitrogen and oxygen atoms in total. The zero-order valence-electron chi connectivity index (χ0n) is 17.4. The van der Waals surface area contributed by atoms with Crippen molar-refractivity contribution in [2.24, 2.45) is 5.92 Å². The van der Waals surface area contributed by atoms with Crippen molar-refractivity contribution >= 4 is 23.6 Å². The van der Waals surface area contributed by atoms with E-state index in [2.05, 4.69) is 11.4 Å². The van der Waals surface area contributed by atoms with E-state index in [1.165, 1.54) is 0 Å². The molecule has 1 amide bonds. The molecule has 3 rings (SSSR count). The molecule has 8 heteroatoms.